The van der Waals surface area contributed by atoms with Gasteiger partial charge in [0.1, 0.15) is 29.0 Å². The second-order valence-corrected chi connectivity index (χ2v) is 10.0. The average molecular weight is 528 g/mol. The van der Waals surface area contributed by atoms with Gasteiger partial charge in [-0.15, -0.1) is 0 Å². The maximum absolute atomic E-state index is 12.6. The van der Waals surface area contributed by atoms with Crippen molar-refractivity contribution < 1.29 is 19.1 Å². The molecule has 0 spiro atoms. The number of rotatable bonds is 7. The molecule has 3 rings (SSSR count). The normalized spacial score (nSPS) is 14.5. The van der Waals surface area contributed by atoms with Gasteiger partial charge >= 0.3 is 11.8 Å². The highest BCUT2D eigenvalue weighted by Crippen LogP contribution is 2.21. The standard InChI is InChI=1S/C27H37N5O6/c1-6-31-23(28)22(24(34)32(7-2)25(31)35)29-21(33)13-10-18-8-11-19(12-9-18)37-20-14-16-30(17-15-20)26(36)38-27(3,4)5/h8-13,20H,6-7,14-17,28H2,1-5H3,(H,29,33). The number of likely N-dealkylation sites (tertiary alicyclic amines) is 1. The summed E-state index contributed by atoms with van der Waals surface area (Å²) in [5.41, 5.74) is 4.95. The largest absolute Gasteiger partial charge is 0.490 e. The Balaban J connectivity index is 1.57. The molecule has 0 radical (unpaired) electrons. The number of benzene rings is 1. The van der Waals surface area contributed by atoms with Crippen molar-refractivity contribution in [2.45, 2.75) is 72.3 Å². The number of aromatic nitrogens is 2. The fourth-order valence-electron chi connectivity index (χ4n) is 4.09. The van der Waals surface area contributed by atoms with E-state index in [1.165, 1.54) is 10.6 Å². The van der Waals surface area contributed by atoms with Crippen LogP contribution in [0.4, 0.5) is 16.3 Å². The third kappa shape index (κ3) is 7.05. The van der Waals surface area contributed by atoms with Gasteiger partial charge in [-0.3, -0.25) is 18.7 Å². The van der Waals surface area contributed by atoms with Gasteiger partial charge in [0.2, 0.25) is 5.91 Å². The Hall–Kier alpha value is -4.02. The predicted molar refractivity (Wildman–Crippen MR) is 146 cm³/mol. The van der Waals surface area contributed by atoms with Crippen LogP contribution in [-0.4, -0.2) is 50.8 Å². The smallest absolute Gasteiger partial charge is 0.410 e. The molecule has 0 aliphatic carbocycles. The zero-order valence-corrected chi connectivity index (χ0v) is 22.7. The average Bonchev–Trinajstić information content (AvgIpc) is 2.86. The number of amides is 2. The molecule has 3 N–H and O–H groups in total. The van der Waals surface area contributed by atoms with Crippen LogP contribution >= 0.6 is 0 Å². The minimum absolute atomic E-state index is 0.00938. The highest BCUT2D eigenvalue weighted by Gasteiger charge is 2.27. The molecule has 0 bridgehead atoms. The molecule has 1 aliphatic rings. The number of ether oxygens (including phenoxy) is 2. The lowest BCUT2D eigenvalue weighted by Crippen LogP contribution is -2.44. The SMILES string of the molecule is CCn1c(N)c(NC(=O)C=Cc2ccc(OC3CCN(C(=O)OC(C)(C)C)CC3)cc2)c(=O)n(CC)c1=O. The fourth-order valence-corrected chi connectivity index (χ4v) is 4.09. The number of hydrogen-bond acceptors (Lipinski definition) is 7. The molecular weight excluding hydrogens is 490 g/mol. The first-order valence-corrected chi connectivity index (χ1v) is 12.8. The molecule has 11 nitrogen and oxygen atoms in total. The number of piperidine rings is 1. The van der Waals surface area contributed by atoms with Crippen molar-refractivity contribution in [2.75, 3.05) is 24.1 Å². The number of nitrogen functional groups attached to an aromatic ring is 1. The van der Waals surface area contributed by atoms with Gasteiger partial charge in [-0.05, 0) is 58.4 Å². The zero-order chi connectivity index (χ0) is 28.0. The van der Waals surface area contributed by atoms with Crippen molar-refractivity contribution in [3.05, 3.63) is 56.7 Å². The van der Waals surface area contributed by atoms with E-state index in [0.29, 0.717) is 31.7 Å². The number of anilines is 2. The van der Waals surface area contributed by atoms with Gasteiger partial charge in [-0.25, -0.2) is 9.59 Å². The molecule has 0 unspecified atom stereocenters. The van der Waals surface area contributed by atoms with E-state index in [1.54, 1.807) is 24.8 Å². The molecular formula is C27H37N5O6. The molecule has 1 fully saturated rings. The molecule has 1 aliphatic heterocycles. The zero-order valence-electron chi connectivity index (χ0n) is 22.7. The van der Waals surface area contributed by atoms with Crippen LogP contribution in [0.5, 0.6) is 5.75 Å². The molecule has 38 heavy (non-hydrogen) atoms. The summed E-state index contributed by atoms with van der Waals surface area (Å²) in [6, 6.07) is 7.25. The van der Waals surface area contributed by atoms with Gasteiger partial charge in [-0.1, -0.05) is 12.1 Å². The Bertz CT molecular complexity index is 1300. The van der Waals surface area contributed by atoms with Crippen LogP contribution in [0.1, 0.15) is 53.0 Å². The highest BCUT2D eigenvalue weighted by atomic mass is 16.6. The van der Waals surface area contributed by atoms with E-state index in [-0.39, 0.29) is 36.8 Å². The van der Waals surface area contributed by atoms with Gasteiger partial charge in [-0.2, -0.15) is 0 Å². The molecule has 2 aromatic rings. The lowest BCUT2D eigenvalue weighted by atomic mass is 10.1. The maximum atomic E-state index is 12.6. The third-order valence-corrected chi connectivity index (χ3v) is 6.05. The van der Waals surface area contributed by atoms with Crippen LogP contribution in [0.3, 0.4) is 0 Å². The fraction of sp³-hybridized carbons (Fsp3) is 0.481. The Morgan fingerprint density at radius 1 is 1.05 bits per heavy atom. The molecule has 206 valence electrons. The Morgan fingerprint density at radius 2 is 1.66 bits per heavy atom. The minimum Gasteiger partial charge on any atom is -0.490 e. The second kappa shape index (κ2) is 12.0. The van der Waals surface area contributed by atoms with Gasteiger partial charge < -0.3 is 25.4 Å². The summed E-state index contributed by atoms with van der Waals surface area (Å²) in [7, 11) is 0. The minimum atomic E-state index is -0.639. The summed E-state index contributed by atoms with van der Waals surface area (Å²) in [6.07, 6.45) is 3.98. The lowest BCUT2D eigenvalue weighted by Gasteiger charge is -2.33. The van der Waals surface area contributed by atoms with Crippen molar-refractivity contribution >= 4 is 29.6 Å². The van der Waals surface area contributed by atoms with E-state index in [1.807, 2.05) is 45.0 Å². The molecule has 2 amide bonds. The van der Waals surface area contributed by atoms with Gasteiger partial charge in [0.25, 0.3) is 5.56 Å². The quantitative estimate of drug-likeness (QED) is 0.528. The topological polar surface area (TPSA) is 138 Å². The summed E-state index contributed by atoms with van der Waals surface area (Å²) in [5.74, 6) is 0.0687. The van der Waals surface area contributed by atoms with Crippen molar-refractivity contribution in [3.63, 3.8) is 0 Å². The predicted octanol–water partition coefficient (Wildman–Crippen LogP) is 3.06. The van der Waals surface area contributed by atoms with Crippen molar-refractivity contribution in [3.8, 4) is 5.75 Å². The highest BCUT2D eigenvalue weighted by molar-refractivity contribution is 6.03. The van der Waals surface area contributed by atoms with Crippen molar-refractivity contribution in [1.29, 1.82) is 0 Å². The van der Waals surface area contributed by atoms with Crippen LogP contribution < -0.4 is 27.0 Å². The van der Waals surface area contributed by atoms with Crippen LogP contribution in [0.15, 0.2) is 39.9 Å². The summed E-state index contributed by atoms with van der Waals surface area (Å²) in [5, 5.41) is 2.51. The summed E-state index contributed by atoms with van der Waals surface area (Å²) < 4.78 is 13.8. The first kappa shape index (κ1) is 28.5. The number of hydrogen-bond donors (Lipinski definition) is 2. The number of nitrogens with one attached hydrogen (secondary N) is 1. The van der Waals surface area contributed by atoms with Crippen LogP contribution in [-0.2, 0) is 22.6 Å². The van der Waals surface area contributed by atoms with Crippen LogP contribution in [0.2, 0.25) is 0 Å². The molecule has 1 aromatic carbocycles. The first-order valence-electron chi connectivity index (χ1n) is 12.8. The number of nitrogens with two attached hydrogens (primary N) is 1. The van der Waals surface area contributed by atoms with Crippen LogP contribution in [0, 0.1) is 0 Å². The van der Waals surface area contributed by atoms with Crippen LogP contribution in [0.25, 0.3) is 6.08 Å². The second-order valence-electron chi connectivity index (χ2n) is 10.0. The molecule has 1 aromatic heterocycles. The van der Waals surface area contributed by atoms with E-state index >= 15 is 0 Å². The summed E-state index contributed by atoms with van der Waals surface area (Å²) in [6.45, 7) is 10.5. The molecule has 2 heterocycles. The van der Waals surface area contributed by atoms with E-state index < -0.39 is 22.8 Å². The van der Waals surface area contributed by atoms with E-state index in [4.69, 9.17) is 15.2 Å². The maximum Gasteiger partial charge on any atom is 0.410 e. The van der Waals surface area contributed by atoms with E-state index in [2.05, 4.69) is 5.32 Å². The summed E-state index contributed by atoms with van der Waals surface area (Å²) >= 11 is 0. The van der Waals surface area contributed by atoms with E-state index in [9.17, 15) is 19.2 Å². The molecule has 1 saturated heterocycles. The Labute approximate surface area is 221 Å². The molecule has 0 saturated carbocycles. The van der Waals surface area contributed by atoms with Gasteiger partial charge in [0.05, 0.1) is 0 Å². The monoisotopic (exact) mass is 527 g/mol. The Kier molecular flexibility index (Phi) is 9.03. The van der Waals surface area contributed by atoms with Gasteiger partial charge in [0.15, 0.2) is 0 Å². The van der Waals surface area contributed by atoms with Gasteiger partial charge in [0, 0.05) is 45.1 Å². The van der Waals surface area contributed by atoms with Crippen molar-refractivity contribution in [1.82, 2.24) is 14.0 Å². The Morgan fingerprint density at radius 3 is 2.21 bits per heavy atom. The molecule has 0 atom stereocenters. The number of carbonyl (C=O) groups excluding carboxylic acids is 2. The first-order chi connectivity index (χ1) is 17.9. The summed E-state index contributed by atoms with van der Waals surface area (Å²) in [4.78, 5) is 51.4. The third-order valence-electron chi connectivity index (χ3n) is 6.05. The number of nitrogens with zero attached hydrogens (tertiary/aromatic N) is 3. The van der Waals surface area contributed by atoms with E-state index in [0.717, 1.165) is 10.1 Å². The number of carbonyl (C=O) groups is 2. The lowest BCUT2D eigenvalue weighted by molar-refractivity contribution is -0.111. The van der Waals surface area contributed by atoms with Crippen molar-refractivity contribution in [2.24, 2.45) is 0 Å². The molecule has 11 heteroatoms.